The van der Waals surface area contributed by atoms with E-state index >= 15 is 0 Å². The van der Waals surface area contributed by atoms with E-state index in [9.17, 15) is 4.79 Å². The van der Waals surface area contributed by atoms with Crippen molar-refractivity contribution in [3.8, 4) is 28.4 Å². The van der Waals surface area contributed by atoms with Gasteiger partial charge in [0.15, 0.2) is 5.75 Å². The maximum atomic E-state index is 12.8. The smallest absolute Gasteiger partial charge is 0.417 e. The molecule has 5 rings (SSSR count). The summed E-state index contributed by atoms with van der Waals surface area (Å²) in [6.07, 6.45) is 3.97. The van der Waals surface area contributed by atoms with E-state index < -0.39 is 6.09 Å². The van der Waals surface area contributed by atoms with Crippen LogP contribution in [0.3, 0.4) is 0 Å². The third kappa shape index (κ3) is 5.95. The van der Waals surface area contributed by atoms with Gasteiger partial charge in [-0.1, -0.05) is 23.2 Å². The molecule has 214 valence electrons. The average molecular weight is 598 g/mol. The second kappa shape index (κ2) is 12.3. The Balaban J connectivity index is 1.35. The SMILES string of the molecule is COc1cc(OC)c(Cl)c(-c2ccc(OC(=O)Nc3ccc(N4CCN(C(C)C)CC4)nc3)c3nccnc23)c1Cl. The number of carbonyl (C=O) groups is 1. The van der Waals surface area contributed by atoms with Crippen LogP contribution < -0.4 is 24.4 Å². The number of pyridine rings is 1. The molecular weight excluding hydrogens is 567 g/mol. The van der Waals surface area contributed by atoms with Crippen molar-refractivity contribution in [2.75, 3.05) is 50.6 Å². The van der Waals surface area contributed by atoms with Gasteiger partial charge >= 0.3 is 6.09 Å². The molecule has 2 aromatic heterocycles. The molecule has 2 aromatic carbocycles. The highest BCUT2D eigenvalue weighted by molar-refractivity contribution is 6.41. The van der Waals surface area contributed by atoms with Crippen molar-refractivity contribution in [3.63, 3.8) is 0 Å². The summed E-state index contributed by atoms with van der Waals surface area (Å²) in [6.45, 7) is 8.21. The van der Waals surface area contributed by atoms with E-state index in [1.54, 1.807) is 30.5 Å². The van der Waals surface area contributed by atoms with Crippen molar-refractivity contribution in [2.45, 2.75) is 19.9 Å². The molecule has 0 atom stereocenters. The van der Waals surface area contributed by atoms with E-state index in [1.807, 2.05) is 6.07 Å². The molecule has 41 heavy (non-hydrogen) atoms. The number of fused-ring (bicyclic) bond motifs is 1. The van der Waals surface area contributed by atoms with Gasteiger partial charge in [-0.2, -0.15) is 0 Å². The molecule has 10 nitrogen and oxygen atoms in total. The molecule has 0 unspecified atom stereocenters. The van der Waals surface area contributed by atoms with Crippen molar-refractivity contribution in [1.29, 1.82) is 0 Å². The average Bonchev–Trinajstić information content (AvgIpc) is 2.99. The van der Waals surface area contributed by atoms with Gasteiger partial charge in [-0.3, -0.25) is 15.2 Å². The summed E-state index contributed by atoms with van der Waals surface area (Å²) in [7, 11) is 3.01. The number of hydrogen-bond acceptors (Lipinski definition) is 9. The number of carbonyl (C=O) groups excluding carboxylic acids is 1. The molecule has 1 saturated heterocycles. The predicted octanol–water partition coefficient (Wildman–Crippen LogP) is 6.16. The Kier molecular flexibility index (Phi) is 8.63. The number of nitrogens with one attached hydrogen (secondary N) is 1. The lowest BCUT2D eigenvalue weighted by Gasteiger charge is -2.37. The van der Waals surface area contributed by atoms with Gasteiger partial charge in [-0.25, -0.2) is 14.8 Å². The molecule has 1 fully saturated rings. The lowest BCUT2D eigenvalue weighted by atomic mass is 10.0. The largest absolute Gasteiger partial charge is 0.495 e. The first-order chi connectivity index (χ1) is 19.8. The Morgan fingerprint density at radius 1 is 0.878 bits per heavy atom. The van der Waals surface area contributed by atoms with Crippen molar-refractivity contribution in [1.82, 2.24) is 19.9 Å². The van der Waals surface area contributed by atoms with E-state index in [0.717, 1.165) is 32.0 Å². The number of methoxy groups -OCH3 is 2. The fourth-order valence-corrected chi connectivity index (χ4v) is 5.50. The summed E-state index contributed by atoms with van der Waals surface area (Å²) < 4.78 is 16.5. The molecule has 1 aliphatic rings. The van der Waals surface area contributed by atoms with E-state index in [-0.39, 0.29) is 15.8 Å². The highest BCUT2D eigenvalue weighted by Crippen LogP contribution is 2.48. The van der Waals surface area contributed by atoms with Gasteiger partial charge in [0, 0.05) is 61.8 Å². The molecule has 0 spiro atoms. The third-order valence-corrected chi connectivity index (χ3v) is 7.75. The van der Waals surface area contributed by atoms with E-state index in [2.05, 4.69) is 43.9 Å². The van der Waals surface area contributed by atoms with E-state index in [4.69, 9.17) is 37.4 Å². The standard InChI is InChI=1S/C29H30Cl2N6O4/c1-17(2)36-11-13-37(14-12-36)23-8-5-18(16-34-23)35-29(38)41-20-7-6-19(27-28(20)33-10-9-32-27)24-25(30)21(39-3)15-22(40-4)26(24)31/h5-10,15-17H,11-14H2,1-4H3,(H,35,38). The Hall–Kier alpha value is -3.86. The van der Waals surface area contributed by atoms with Crippen LogP contribution in [-0.4, -0.2) is 72.4 Å². The molecule has 1 aliphatic heterocycles. The number of hydrogen-bond donors (Lipinski definition) is 1. The van der Waals surface area contributed by atoms with Crippen molar-refractivity contribution < 1.29 is 19.0 Å². The van der Waals surface area contributed by atoms with Crippen LogP contribution in [0.5, 0.6) is 17.2 Å². The number of amides is 1. The van der Waals surface area contributed by atoms with Crippen molar-refractivity contribution in [3.05, 3.63) is 59.0 Å². The van der Waals surface area contributed by atoms with Gasteiger partial charge < -0.3 is 19.1 Å². The zero-order chi connectivity index (χ0) is 29.1. The first-order valence-electron chi connectivity index (χ1n) is 13.1. The van der Waals surface area contributed by atoms with Gasteiger partial charge in [0.1, 0.15) is 28.4 Å². The number of ether oxygens (including phenoxy) is 3. The van der Waals surface area contributed by atoms with Crippen LogP contribution in [0.25, 0.3) is 22.2 Å². The minimum atomic E-state index is -0.691. The third-order valence-electron chi connectivity index (χ3n) is 7.00. The van der Waals surface area contributed by atoms with Gasteiger partial charge in [-0.05, 0) is 38.1 Å². The molecular formula is C29H30Cl2N6O4. The fraction of sp³-hybridized carbons (Fsp3) is 0.310. The second-order valence-electron chi connectivity index (χ2n) is 9.69. The van der Waals surface area contributed by atoms with Crippen LogP contribution in [0.2, 0.25) is 10.0 Å². The quantitative estimate of drug-likeness (QED) is 0.269. The normalized spacial score (nSPS) is 13.9. The van der Waals surface area contributed by atoms with Crippen molar-refractivity contribution >= 4 is 51.8 Å². The monoisotopic (exact) mass is 596 g/mol. The molecule has 3 heterocycles. The van der Waals surface area contributed by atoms with Crippen LogP contribution >= 0.6 is 23.2 Å². The summed E-state index contributed by atoms with van der Waals surface area (Å²) in [5.74, 6) is 1.86. The molecule has 0 bridgehead atoms. The Bertz CT molecular complexity index is 1530. The molecule has 1 amide bonds. The highest BCUT2D eigenvalue weighted by Gasteiger charge is 2.23. The fourth-order valence-electron chi connectivity index (χ4n) is 4.80. The van der Waals surface area contributed by atoms with Gasteiger partial charge in [0.05, 0.1) is 36.1 Å². The number of nitrogens with zero attached hydrogens (tertiary/aromatic N) is 5. The highest BCUT2D eigenvalue weighted by atomic mass is 35.5. The predicted molar refractivity (Wildman–Crippen MR) is 161 cm³/mol. The first-order valence-corrected chi connectivity index (χ1v) is 13.8. The number of anilines is 2. The van der Waals surface area contributed by atoms with Crippen LogP contribution in [0.15, 0.2) is 48.9 Å². The van der Waals surface area contributed by atoms with Gasteiger partial charge in [-0.15, -0.1) is 0 Å². The van der Waals surface area contributed by atoms with Crippen LogP contribution in [0, 0.1) is 0 Å². The van der Waals surface area contributed by atoms with Crippen molar-refractivity contribution in [2.24, 2.45) is 0 Å². The summed E-state index contributed by atoms with van der Waals surface area (Å²) in [4.78, 5) is 31.0. The molecule has 4 aromatic rings. The van der Waals surface area contributed by atoms with Crippen LogP contribution in [0.4, 0.5) is 16.3 Å². The Morgan fingerprint density at radius 2 is 1.54 bits per heavy atom. The van der Waals surface area contributed by atoms with Gasteiger partial charge in [0.2, 0.25) is 0 Å². The molecule has 1 N–H and O–H groups in total. The van der Waals surface area contributed by atoms with Crippen LogP contribution in [-0.2, 0) is 0 Å². The first kappa shape index (κ1) is 28.7. The maximum absolute atomic E-state index is 12.8. The topological polar surface area (TPSA) is 102 Å². The summed E-state index contributed by atoms with van der Waals surface area (Å²) in [5, 5.41) is 3.30. The Labute approximate surface area is 248 Å². The zero-order valence-corrected chi connectivity index (χ0v) is 24.7. The lowest BCUT2D eigenvalue weighted by Crippen LogP contribution is -2.49. The maximum Gasteiger partial charge on any atom is 0.417 e. The van der Waals surface area contributed by atoms with E-state index in [1.165, 1.54) is 26.6 Å². The van der Waals surface area contributed by atoms with Gasteiger partial charge in [0.25, 0.3) is 0 Å². The molecule has 0 radical (unpaired) electrons. The minimum Gasteiger partial charge on any atom is -0.495 e. The number of piperazine rings is 1. The molecule has 0 saturated carbocycles. The van der Waals surface area contributed by atoms with E-state index in [0.29, 0.717) is 45.4 Å². The summed E-state index contributed by atoms with van der Waals surface area (Å²) in [5.41, 5.74) is 2.32. The Morgan fingerprint density at radius 3 is 2.12 bits per heavy atom. The zero-order valence-electron chi connectivity index (χ0n) is 23.1. The minimum absolute atomic E-state index is 0.212. The van der Waals surface area contributed by atoms with Crippen LogP contribution in [0.1, 0.15) is 13.8 Å². The number of halogens is 2. The lowest BCUT2D eigenvalue weighted by molar-refractivity contribution is 0.209. The number of benzene rings is 2. The molecule has 0 aliphatic carbocycles. The molecule has 12 heteroatoms. The summed E-state index contributed by atoms with van der Waals surface area (Å²) >= 11 is 13.3. The number of rotatable bonds is 7. The second-order valence-corrected chi connectivity index (χ2v) is 10.4. The summed E-state index contributed by atoms with van der Waals surface area (Å²) in [6, 6.07) is 9.16. The number of aromatic nitrogens is 3.